The summed E-state index contributed by atoms with van der Waals surface area (Å²) < 4.78 is 0. The molecule has 2 N–H and O–H groups in total. The minimum atomic E-state index is -0.571. The van der Waals surface area contributed by atoms with E-state index in [0.717, 1.165) is 11.3 Å². The molecule has 0 heterocycles. The fourth-order valence-corrected chi connectivity index (χ4v) is 2.18. The zero-order valence-electron chi connectivity index (χ0n) is 11.2. The summed E-state index contributed by atoms with van der Waals surface area (Å²) in [4.78, 5) is 0. The second-order valence-electron chi connectivity index (χ2n) is 4.70. The molecule has 0 aliphatic carbocycles. The fourth-order valence-electron chi connectivity index (χ4n) is 1.98. The summed E-state index contributed by atoms with van der Waals surface area (Å²) in [6, 6.07) is 13.4. The van der Waals surface area contributed by atoms with Crippen LogP contribution in [-0.2, 0) is 0 Å². The minimum absolute atomic E-state index is 0.463. The number of nitrogens with one attached hydrogen (secondary N) is 1. The number of aliphatic hydroxyl groups excluding tert-OH is 1. The van der Waals surface area contributed by atoms with Crippen LogP contribution >= 0.6 is 11.6 Å². The number of halogens is 1. The van der Waals surface area contributed by atoms with Gasteiger partial charge in [0.2, 0.25) is 0 Å². The quantitative estimate of drug-likeness (QED) is 0.880. The molecule has 0 amide bonds. The van der Waals surface area contributed by atoms with Crippen molar-refractivity contribution in [1.29, 1.82) is 0 Å². The first kappa shape index (κ1) is 13.9. The first-order chi connectivity index (χ1) is 9.08. The molecule has 3 heteroatoms. The summed E-state index contributed by atoms with van der Waals surface area (Å²) >= 11 is 5.92. The Bertz CT molecular complexity index is 568. The SMILES string of the molecule is Cc1cccc(NCC(O)c2cccc(Cl)c2)c1C. The third-order valence-electron chi connectivity index (χ3n) is 3.32. The second-order valence-corrected chi connectivity index (χ2v) is 5.14. The van der Waals surface area contributed by atoms with Crippen LogP contribution < -0.4 is 5.32 Å². The van der Waals surface area contributed by atoms with Crippen LogP contribution in [0.2, 0.25) is 5.02 Å². The van der Waals surface area contributed by atoms with E-state index >= 15 is 0 Å². The van der Waals surface area contributed by atoms with Gasteiger partial charge < -0.3 is 10.4 Å². The molecule has 0 aromatic heterocycles. The van der Waals surface area contributed by atoms with Gasteiger partial charge in [-0.3, -0.25) is 0 Å². The maximum Gasteiger partial charge on any atom is 0.0962 e. The predicted octanol–water partition coefficient (Wildman–Crippen LogP) is 4.10. The van der Waals surface area contributed by atoms with Crippen molar-refractivity contribution in [2.24, 2.45) is 0 Å². The summed E-state index contributed by atoms with van der Waals surface area (Å²) in [7, 11) is 0. The molecule has 1 unspecified atom stereocenters. The van der Waals surface area contributed by atoms with E-state index in [9.17, 15) is 5.11 Å². The number of anilines is 1. The van der Waals surface area contributed by atoms with Crippen molar-refractivity contribution in [1.82, 2.24) is 0 Å². The van der Waals surface area contributed by atoms with Crippen LogP contribution in [0.25, 0.3) is 0 Å². The lowest BCUT2D eigenvalue weighted by Crippen LogP contribution is -2.13. The lowest BCUT2D eigenvalue weighted by Gasteiger charge is -2.15. The Morgan fingerprint density at radius 2 is 1.89 bits per heavy atom. The molecule has 1 atom stereocenters. The number of hydrogen-bond acceptors (Lipinski definition) is 2. The summed E-state index contributed by atoms with van der Waals surface area (Å²) in [5, 5.41) is 14.1. The zero-order chi connectivity index (χ0) is 13.8. The van der Waals surface area contributed by atoms with Gasteiger partial charge in [-0.25, -0.2) is 0 Å². The highest BCUT2D eigenvalue weighted by atomic mass is 35.5. The summed E-state index contributed by atoms with van der Waals surface area (Å²) in [5.41, 5.74) is 4.33. The minimum Gasteiger partial charge on any atom is -0.387 e. The van der Waals surface area contributed by atoms with Crippen LogP contribution in [0.3, 0.4) is 0 Å². The molecule has 0 radical (unpaired) electrons. The first-order valence-electron chi connectivity index (χ1n) is 6.31. The molecule has 0 aliphatic heterocycles. The smallest absolute Gasteiger partial charge is 0.0962 e. The molecule has 0 spiro atoms. The van der Waals surface area contributed by atoms with E-state index < -0.39 is 6.10 Å². The molecule has 2 rings (SSSR count). The van der Waals surface area contributed by atoms with Gasteiger partial charge in [-0.05, 0) is 48.7 Å². The van der Waals surface area contributed by atoms with Crippen molar-refractivity contribution in [3.63, 3.8) is 0 Å². The van der Waals surface area contributed by atoms with E-state index in [1.807, 2.05) is 24.3 Å². The summed E-state index contributed by atoms with van der Waals surface area (Å²) in [5.74, 6) is 0. The third-order valence-corrected chi connectivity index (χ3v) is 3.56. The van der Waals surface area contributed by atoms with Crippen LogP contribution in [0.4, 0.5) is 5.69 Å². The molecular formula is C16H18ClNO. The van der Waals surface area contributed by atoms with E-state index in [0.29, 0.717) is 11.6 Å². The monoisotopic (exact) mass is 275 g/mol. The largest absolute Gasteiger partial charge is 0.387 e. The molecule has 19 heavy (non-hydrogen) atoms. The Balaban J connectivity index is 2.04. The number of hydrogen-bond donors (Lipinski definition) is 2. The molecule has 2 aromatic carbocycles. The van der Waals surface area contributed by atoms with Crippen LogP contribution in [0, 0.1) is 13.8 Å². The molecule has 2 aromatic rings. The van der Waals surface area contributed by atoms with Gasteiger partial charge in [0, 0.05) is 17.3 Å². The number of rotatable bonds is 4. The van der Waals surface area contributed by atoms with E-state index in [2.05, 4.69) is 25.2 Å². The van der Waals surface area contributed by atoms with Crippen molar-refractivity contribution < 1.29 is 5.11 Å². The van der Waals surface area contributed by atoms with Gasteiger partial charge in [0.25, 0.3) is 0 Å². The van der Waals surface area contributed by atoms with Crippen LogP contribution in [0.5, 0.6) is 0 Å². The average Bonchev–Trinajstić information content (AvgIpc) is 2.40. The topological polar surface area (TPSA) is 32.3 Å². The fraction of sp³-hybridized carbons (Fsp3) is 0.250. The lowest BCUT2D eigenvalue weighted by atomic mass is 10.1. The Morgan fingerprint density at radius 1 is 1.16 bits per heavy atom. The molecule has 0 saturated heterocycles. The highest BCUT2D eigenvalue weighted by molar-refractivity contribution is 6.30. The van der Waals surface area contributed by atoms with Crippen molar-refractivity contribution in [2.75, 3.05) is 11.9 Å². The molecule has 0 fully saturated rings. The van der Waals surface area contributed by atoms with Gasteiger partial charge in [0.1, 0.15) is 0 Å². The second kappa shape index (κ2) is 6.09. The van der Waals surface area contributed by atoms with E-state index in [4.69, 9.17) is 11.6 Å². The van der Waals surface area contributed by atoms with E-state index in [1.165, 1.54) is 11.1 Å². The van der Waals surface area contributed by atoms with Gasteiger partial charge in [0.05, 0.1) is 6.10 Å². The van der Waals surface area contributed by atoms with Gasteiger partial charge in [-0.1, -0.05) is 35.9 Å². The van der Waals surface area contributed by atoms with Gasteiger partial charge in [-0.15, -0.1) is 0 Å². The third kappa shape index (κ3) is 3.49. The van der Waals surface area contributed by atoms with Crippen LogP contribution in [0.15, 0.2) is 42.5 Å². The highest BCUT2D eigenvalue weighted by Gasteiger charge is 2.08. The highest BCUT2D eigenvalue weighted by Crippen LogP contribution is 2.21. The number of benzene rings is 2. The number of aryl methyl sites for hydroxylation is 1. The maximum absolute atomic E-state index is 10.1. The zero-order valence-corrected chi connectivity index (χ0v) is 11.9. The normalized spacial score (nSPS) is 12.2. The maximum atomic E-state index is 10.1. The van der Waals surface area contributed by atoms with Gasteiger partial charge in [0.15, 0.2) is 0 Å². The van der Waals surface area contributed by atoms with Crippen LogP contribution in [0.1, 0.15) is 22.8 Å². The number of aliphatic hydroxyl groups is 1. The summed E-state index contributed by atoms with van der Waals surface area (Å²) in [6.45, 7) is 4.61. The molecule has 2 nitrogen and oxygen atoms in total. The van der Waals surface area contributed by atoms with E-state index in [-0.39, 0.29) is 0 Å². The van der Waals surface area contributed by atoms with Crippen molar-refractivity contribution in [3.8, 4) is 0 Å². The molecule has 0 saturated carbocycles. The Morgan fingerprint density at radius 3 is 2.63 bits per heavy atom. The predicted molar refractivity (Wildman–Crippen MR) is 80.8 cm³/mol. The van der Waals surface area contributed by atoms with Crippen molar-refractivity contribution >= 4 is 17.3 Å². The molecule has 100 valence electrons. The average molecular weight is 276 g/mol. The molecular weight excluding hydrogens is 258 g/mol. The van der Waals surface area contributed by atoms with Crippen molar-refractivity contribution in [2.45, 2.75) is 20.0 Å². The lowest BCUT2D eigenvalue weighted by molar-refractivity contribution is 0.191. The molecule has 0 bridgehead atoms. The van der Waals surface area contributed by atoms with Gasteiger partial charge in [-0.2, -0.15) is 0 Å². The van der Waals surface area contributed by atoms with E-state index in [1.54, 1.807) is 12.1 Å². The first-order valence-corrected chi connectivity index (χ1v) is 6.69. The van der Waals surface area contributed by atoms with Gasteiger partial charge >= 0.3 is 0 Å². The standard InChI is InChI=1S/C16H18ClNO/c1-11-5-3-8-15(12(11)2)18-10-16(19)13-6-4-7-14(17)9-13/h3-9,16,18-19H,10H2,1-2H3. The Kier molecular flexibility index (Phi) is 4.46. The van der Waals surface area contributed by atoms with Crippen LogP contribution in [-0.4, -0.2) is 11.7 Å². The Hall–Kier alpha value is -1.51. The Labute approximate surface area is 119 Å². The molecule has 0 aliphatic rings. The summed E-state index contributed by atoms with van der Waals surface area (Å²) in [6.07, 6.45) is -0.571. The van der Waals surface area contributed by atoms with Crippen molar-refractivity contribution in [3.05, 3.63) is 64.2 Å².